The number of aliphatic carboxylic acids is 1. The number of rotatable bonds is 2. The van der Waals surface area contributed by atoms with E-state index < -0.39 is 42.5 Å². The Morgan fingerprint density at radius 1 is 1.37 bits per heavy atom. The molecule has 2 heterocycles. The second kappa shape index (κ2) is 4.66. The number of likely N-dealkylation sites (tertiary alicyclic amines) is 1. The van der Waals surface area contributed by atoms with Crippen molar-refractivity contribution in [2.45, 2.75) is 31.5 Å². The first kappa shape index (κ1) is 14.1. The van der Waals surface area contributed by atoms with Gasteiger partial charge < -0.3 is 15.3 Å². The molecule has 2 saturated heterocycles. The zero-order chi connectivity index (χ0) is 14.3. The summed E-state index contributed by atoms with van der Waals surface area (Å²) in [6.07, 6.45) is -4.05. The van der Waals surface area contributed by atoms with E-state index in [0.29, 0.717) is 13.0 Å². The Labute approximate surface area is 107 Å². The summed E-state index contributed by atoms with van der Waals surface area (Å²) in [5.74, 6) is -2.33. The molecular weight excluding hydrogens is 265 g/mol. The molecule has 0 aliphatic carbocycles. The van der Waals surface area contributed by atoms with Crippen LogP contribution in [0.3, 0.4) is 0 Å². The molecule has 2 N–H and O–H groups in total. The van der Waals surface area contributed by atoms with Crippen LogP contribution in [0, 0.1) is 5.41 Å². The Morgan fingerprint density at radius 3 is 2.47 bits per heavy atom. The summed E-state index contributed by atoms with van der Waals surface area (Å²) in [4.78, 5) is 24.0. The summed E-state index contributed by atoms with van der Waals surface area (Å²) in [6, 6.07) is -0.474. The minimum atomic E-state index is -4.85. The van der Waals surface area contributed by atoms with Crippen LogP contribution in [0.25, 0.3) is 0 Å². The van der Waals surface area contributed by atoms with Gasteiger partial charge in [0.2, 0.25) is 5.91 Å². The van der Waals surface area contributed by atoms with Crippen molar-refractivity contribution in [3.63, 3.8) is 0 Å². The van der Waals surface area contributed by atoms with Crippen molar-refractivity contribution in [1.29, 1.82) is 0 Å². The fourth-order valence-corrected chi connectivity index (χ4v) is 2.64. The van der Waals surface area contributed by atoms with Crippen LogP contribution >= 0.6 is 0 Å². The zero-order valence-corrected chi connectivity index (χ0v) is 10.2. The maximum Gasteiger partial charge on any atom is 0.406 e. The molecule has 0 saturated carbocycles. The van der Waals surface area contributed by atoms with Gasteiger partial charge in [-0.05, 0) is 25.8 Å². The number of nitrogens with one attached hydrogen (secondary N) is 1. The normalized spacial score (nSPS) is 31.7. The summed E-state index contributed by atoms with van der Waals surface area (Å²) < 4.78 is 38.8. The van der Waals surface area contributed by atoms with Crippen molar-refractivity contribution in [1.82, 2.24) is 10.2 Å². The first-order chi connectivity index (χ1) is 8.78. The van der Waals surface area contributed by atoms with Gasteiger partial charge in [-0.15, -0.1) is 0 Å². The lowest BCUT2D eigenvalue weighted by Crippen LogP contribution is -2.49. The molecule has 0 radical (unpaired) electrons. The second-order valence-corrected chi connectivity index (χ2v) is 5.04. The standard InChI is InChI=1S/C11H15F3N2O3/c12-11(13,14)10(9(18)19)3-5-16(6-10)8(17)7-2-1-4-15-7/h7,15H,1-6H2,(H,18,19)/t7-,10?/m0/s1. The molecule has 0 spiro atoms. The van der Waals surface area contributed by atoms with Crippen molar-refractivity contribution in [2.75, 3.05) is 19.6 Å². The first-order valence-corrected chi connectivity index (χ1v) is 6.10. The maximum absolute atomic E-state index is 12.9. The number of alkyl halides is 3. The van der Waals surface area contributed by atoms with Gasteiger partial charge in [0.25, 0.3) is 0 Å². The van der Waals surface area contributed by atoms with Crippen molar-refractivity contribution in [2.24, 2.45) is 5.41 Å². The van der Waals surface area contributed by atoms with E-state index in [1.807, 2.05) is 0 Å². The van der Waals surface area contributed by atoms with E-state index in [0.717, 1.165) is 11.3 Å². The number of carbonyl (C=O) groups is 2. The number of carboxylic acid groups (broad SMARTS) is 1. The predicted molar refractivity (Wildman–Crippen MR) is 58.3 cm³/mol. The smallest absolute Gasteiger partial charge is 0.406 e. The van der Waals surface area contributed by atoms with Crippen molar-refractivity contribution in [3.8, 4) is 0 Å². The van der Waals surface area contributed by atoms with E-state index in [1.54, 1.807) is 0 Å². The van der Waals surface area contributed by atoms with Gasteiger partial charge in [0, 0.05) is 13.1 Å². The van der Waals surface area contributed by atoms with Gasteiger partial charge in [-0.25, -0.2) is 0 Å². The molecule has 8 heteroatoms. The van der Waals surface area contributed by atoms with Crippen LogP contribution in [0.5, 0.6) is 0 Å². The molecule has 0 aromatic carbocycles. The highest BCUT2D eigenvalue weighted by atomic mass is 19.4. The molecule has 2 aliphatic heterocycles. The van der Waals surface area contributed by atoms with Gasteiger partial charge in [0.1, 0.15) is 0 Å². The number of carbonyl (C=O) groups excluding carboxylic acids is 1. The average molecular weight is 280 g/mol. The van der Waals surface area contributed by atoms with Crippen LogP contribution in [0.15, 0.2) is 0 Å². The Hall–Kier alpha value is -1.31. The van der Waals surface area contributed by atoms with E-state index in [2.05, 4.69) is 5.32 Å². The van der Waals surface area contributed by atoms with E-state index >= 15 is 0 Å². The van der Waals surface area contributed by atoms with Crippen LogP contribution in [-0.4, -0.2) is 53.7 Å². The molecule has 5 nitrogen and oxygen atoms in total. The minimum Gasteiger partial charge on any atom is -0.481 e. The minimum absolute atomic E-state index is 0.164. The monoisotopic (exact) mass is 280 g/mol. The van der Waals surface area contributed by atoms with Crippen molar-refractivity contribution < 1.29 is 27.9 Å². The molecule has 0 aromatic heterocycles. The molecule has 0 aromatic rings. The van der Waals surface area contributed by atoms with Crippen molar-refractivity contribution >= 4 is 11.9 Å². The summed E-state index contributed by atoms with van der Waals surface area (Å²) in [5, 5.41) is 11.8. The van der Waals surface area contributed by atoms with Gasteiger partial charge in [-0.3, -0.25) is 9.59 Å². The highest BCUT2D eigenvalue weighted by Crippen LogP contribution is 2.45. The highest BCUT2D eigenvalue weighted by Gasteiger charge is 2.64. The highest BCUT2D eigenvalue weighted by molar-refractivity contribution is 5.84. The fourth-order valence-electron chi connectivity index (χ4n) is 2.64. The molecule has 2 aliphatic rings. The van der Waals surface area contributed by atoms with Gasteiger partial charge in [0.05, 0.1) is 6.04 Å². The van der Waals surface area contributed by atoms with E-state index in [4.69, 9.17) is 5.11 Å². The molecular formula is C11H15F3N2O3. The SMILES string of the molecule is O=C([C@@H]1CCCN1)N1CCC(C(=O)O)(C(F)(F)F)C1. The number of hydrogen-bond acceptors (Lipinski definition) is 3. The summed E-state index contributed by atoms with van der Waals surface area (Å²) in [6.45, 7) is -0.292. The van der Waals surface area contributed by atoms with Crippen molar-refractivity contribution in [3.05, 3.63) is 0 Å². The zero-order valence-electron chi connectivity index (χ0n) is 10.2. The van der Waals surface area contributed by atoms with Crippen LogP contribution in [0.1, 0.15) is 19.3 Å². The Bertz CT molecular complexity index is 393. The van der Waals surface area contributed by atoms with Gasteiger partial charge in [-0.2, -0.15) is 13.2 Å². The lowest BCUT2D eigenvalue weighted by molar-refractivity contribution is -0.227. The second-order valence-electron chi connectivity index (χ2n) is 5.04. The van der Waals surface area contributed by atoms with Gasteiger partial charge >= 0.3 is 12.1 Å². The average Bonchev–Trinajstić information content (AvgIpc) is 2.97. The molecule has 2 rings (SSSR count). The predicted octanol–water partition coefficient (Wildman–Crippen LogP) is 0.604. The maximum atomic E-state index is 12.9. The first-order valence-electron chi connectivity index (χ1n) is 6.10. The molecule has 1 unspecified atom stereocenters. The van der Waals surface area contributed by atoms with Crippen LogP contribution < -0.4 is 5.32 Å². The molecule has 108 valence electrons. The van der Waals surface area contributed by atoms with E-state index in [-0.39, 0.29) is 6.54 Å². The lowest BCUT2D eigenvalue weighted by atomic mass is 9.86. The molecule has 1 amide bonds. The van der Waals surface area contributed by atoms with E-state index in [9.17, 15) is 22.8 Å². The fraction of sp³-hybridized carbons (Fsp3) is 0.818. The Balaban J connectivity index is 2.13. The lowest BCUT2D eigenvalue weighted by Gasteiger charge is -2.28. The quantitative estimate of drug-likeness (QED) is 0.777. The number of halogens is 3. The molecule has 2 atom stereocenters. The third-order valence-corrected chi connectivity index (χ3v) is 3.89. The molecule has 19 heavy (non-hydrogen) atoms. The van der Waals surface area contributed by atoms with Crippen LogP contribution in [0.2, 0.25) is 0 Å². The third-order valence-electron chi connectivity index (χ3n) is 3.89. The summed E-state index contributed by atoms with van der Waals surface area (Å²) >= 11 is 0. The summed E-state index contributed by atoms with van der Waals surface area (Å²) in [7, 11) is 0. The largest absolute Gasteiger partial charge is 0.481 e. The van der Waals surface area contributed by atoms with E-state index in [1.165, 1.54) is 0 Å². The Morgan fingerprint density at radius 2 is 2.05 bits per heavy atom. The molecule has 2 fully saturated rings. The number of hydrogen-bond donors (Lipinski definition) is 2. The summed E-state index contributed by atoms with van der Waals surface area (Å²) in [5.41, 5.74) is -2.82. The number of amides is 1. The number of nitrogens with zero attached hydrogens (tertiary/aromatic N) is 1. The Kier molecular flexibility index (Phi) is 3.46. The van der Waals surface area contributed by atoms with Crippen LogP contribution in [0.4, 0.5) is 13.2 Å². The van der Waals surface area contributed by atoms with Gasteiger partial charge in [-0.1, -0.05) is 0 Å². The third kappa shape index (κ3) is 2.29. The number of carboxylic acids is 1. The van der Waals surface area contributed by atoms with Gasteiger partial charge in [0.15, 0.2) is 5.41 Å². The molecule has 0 bridgehead atoms. The topological polar surface area (TPSA) is 69.6 Å². The van der Waals surface area contributed by atoms with Crippen LogP contribution in [-0.2, 0) is 9.59 Å².